The Balaban J connectivity index is 4.11. The lowest BCUT2D eigenvalue weighted by Crippen LogP contribution is -2.42. The van der Waals surface area contributed by atoms with Crippen molar-refractivity contribution >= 4 is 11.9 Å². The van der Waals surface area contributed by atoms with Gasteiger partial charge in [-0.2, -0.15) is 0 Å². The second-order valence-electron chi connectivity index (χ2n) is 4.98. The van der Waals surface area contributed by atoms with E-state index in [1.165, 1.54) is 0 Å². The standard InChI is InChI=1S/C10H19NO4/c1-9(2,7(12)13)5-11-6-10(3,4)8(14)15/h11H,5-6H2,1-4H3,(H,12,13)(H,14,15). The summed E-state index contributed by atoms with van der Waals surface area (Å²) in [5, 5.41) is 20.5. The van der Waals surface area contributed by atoms with Crippen LogP contribution >= 0.6 is 0 Å². The molecular formula is C10H19NO4. The van der Waals surface area contributed by atoms with Crippen LogP contribution in [0.3, 0.4) is 0 Å². The third-order valence-electron chi connectivity index (χ3n) is 2.29. The molecule has 0 aromatic rings. The van der Waals surface area contributed by atoms with E-state index < -0.39 is 22.8 Å². The zero-order chi connectivity index (χ0) is 12.3. The number of hydrogen-bond acceptors (Lipinski definition) is 3. The van der Waals surface area contributed by atoms with E-state index in [1.54, 1.807) is 27.7 Å². The first-order valence-electron chi connectivity index (χ1n) is 4.77. The summed E-state index contributed by atoms with van der Waals surface area (Å²) in [6.07, 6.45) is 0. The molecule has 0 saturated carbocycles. The maximum Gasteiger partial charge on any atom is 0.310 e. The van der Waals surface area contributed by atoms with Gasteiger partial charge in [0.1, 0.15) is 0 Å². The highest BCUT2D eigenvalue weighted by Crippen LogP contribution is 2.16. The Kier molecular flexibility index (Phi) is 4.27. The highest BCUT2D eigenvalue weighted by Gasteiger charge is 2.30. The van der Waals surface area contributed by atoms with Crippen LogP contribution in [0.25, 0.3) is 0 Å². The van der Waals surface area contributed by atoms with Gasteiger partial charge in [0, 0.05) is 13.1 Å². The van der Waals surface area contributed by atoms with Crippen molar-refractivity contribution in [2.24, 2.45) is 10.8 Å². The highest BCUT2D eigenvalue weighted by atomic mass is 16.4. The molecule has 0 saturated heterocycles. The summed E-state index contributed by atoms with van der Waals surface area (Å²) in [4.78, 5) is 21.5. The van der Waals surface area contributed by atoms with Crippen LogP contribution in [0.4, 0.5) is 0 Å². The second kappa shape index (κ2) is 4.61. The number of carboxylic acids is 2. The Morgan fingerprint density at radius 3 is 1.40 bits per heavy atom. The maximum absolute atomic E-state index is 10.8. The predicted octanol–water partition coefficient (Wildman–Crippen LogP) is 0.798. The molecule has 0 amide bonds. The van der Waals surface area contributed by atoms with Crippen LogP contribution in [0.1, 0.15) is 27.7 Å². The second-order valence-corrected chi connectivity index (χ2v) is 4.98. The van der Waals surface area contributed by atoms with E-state index in [1.807, 2.05) is 0 Å². The molecule has 5 nitrogen and oxygen atoms in total. The molecule has 0 aromatic carbocycles. The first-order valence-corrected chi connectivity index (χ1v) is 4.77. The smallest absolute Gasteiger partial charge is 0.310 e. The van der Waals surface area contributed by atoms with Crippen molar-refractivity contribution in [3.8, 4) is 0 Å². The number of aliphatic carboxylic acids is 2. The zero-order valence-corrected chi connectivity index (χ0v) is 9.63. The van der Waals surface area contributed by atoms with E-state index in [9.17, 15) is 9.59 Å². The molecule has 5 heteroatoms. The number of carboxylic acid groups (broad SMARTS) is 2. The van der Waals surface area contributed by atoms with E-state index in [0.717, 1.165) is 0 Å². The van der Waals surface area contributed by atoms with Crippen LogP contribution in [-0.4, -0.2) is 35.2 Å². The van der Waals surface area contributed by atoms with Crippen molar-refractivity contribution in [3.63, 3.8) is 0 Å². The molecule has 0 aliphatic heterocycles. The fourth-order valence-corrected chi connectivity index (χ4v) is 0.839. The van der Waals surface area contributed by atoms with Gasteiger partial charge in [0.25, 0.3) is 0 Å². The molecule has 0 aliphatic rings. The first kappa shape index (κ1) is 13.9. The van der Waals surface area contributed by atoms with Crippen LogP contribution in [0, 0.1) is 10.8 Å². The zero-order valence-electron chi connectivity index (χ0n) is 9.63. The lowest BCUT2D eigenvalue weighted by molar-refractivity contribution is -0.147. The molecular weight excluding hydrogens is 198 g/mol. The Morgan fingerprint density at radius 1 is 0.933 bits per heavy atom. The van der Waals surface area contributed by atoms with Gasteiger partial charge in [-0.05, 0) is 27.7 Å². The van der Waals surface area contributed by atoms with Crippen LogP contribution in [0.2, 0.25) is 0 Å². The van der Waals surface area contributed by atoms with Gasteiger partial charge in [0.05, 0.1) is 10.8 Å². The summed E-state index contributed by atoms with van der Waals surface area (Å²) in [6.45, 7) is 6.87. The van der Waals surface area contributed by atoms with Gasteiger partial charge in [-0.3, -0.25) is 9.59 Å². The van der Waals surface area contributed by atoms with Crippen LogP contribution in [0.15, 0.2) is 0 Å². The molecule has 0 aliphatic carbocycles. The maximum atomic E-state index is 10.8. The molecule has 0 unspecified atom stereocenters. The van der Waals surface area contributed by atoms with E-state index in [-0.39, 0.29) is 13.1 Å². The minimum atomic E-state index is -0.900. The quantitative estimate of drug-likeness (QED) is 0.612. The predicted molar refractivity (Wildman–Crippen MR) is 55.7 cm³/mol. The summed E-state index contributed by atoms with van der Waals surface area (Å²) < 4.78 is 0. The third-order valence-corrected chi connectivity index (χ3v) is 2.29. The van der Waals surface area contributed by atoms with Crippen molar-refractivity contribution in [3.05, 3.63) is 0 Å². The van der Waals surface area contributed by atoms with Crippen molar-refractivity contribution in [1.29, 1.82) is 0 Å². The van der Waals surface area contributed by atoms with Crippen LogP contribution in [-0.2, 0) is 9.59 Å². The lowest BCUT2D eigenvalue weighted by atomic mass is 9.91. The normalized spacial score (nSPS) is 12.5. The Bertz CT molecular complexity index is 232. The average Bonchev–Trinajstić information content (AvgIpc) is 2.02. The van der Waals surface area contributed by atoms with E-state index in [2.05, 4.69) is 5.32 Å². The van der Waals surface area contributed by atoms with Crippen molar-refractivity contribution in [2.45, 2.75) is 27.7 Å². The van der Waals surface area contributed by atoms with Crippen molar-refractivity contribution in [2.75, 3.05) is 13.1 Å². The van der Waals surface area contributed by atoms with Gasteiger partial charge < -0.3 is 15.5 Å². The molecule has 3 N–H and O–H groups in total. The Hall–Kier alpha value is -1.10. The summed E-state index contributed by atoms with van der Waals surface area (Å²) in [7, 11) is 0. The molecule has 0 spiro atoms. The molecule has 0 fully saturated rings. The summed E-state index contributed by atoms with van der Waals surface area (Å²) in [5.74, 6) is -1.80. The van der Waals surface area contributed by atoms with E-state index >= 15 is 0 Å². The molecule has 88 valence electrons. The van der Waals surface area contributed by atoms with Crippen LogP contribution < -0.4 is 5.32 Å². The van der Waals surface area contributed by atoms with E-state index in [0.29, 0.717) is 0 Å². The molecule has 0 radical (unpaired) electrons. The molecule has 0 rings (SSSR count). The number of hydrogen-bond donors (Lipinski definition) is 3. The highest BCUT2D eigenvalue weighted by molar-refractivity contribution is 5.74. The number of rotatable bonds is 6. The summed E-state index contributed by atoms with van der Waals surface area (Å²) in [5.41, 5.74) is -1.76. The molecule has 15 heavy (non-hydrogen) atoms. The van der Waals surface area contributed by atoms with Gasteiger partial charge in [-0.15, -0.1) is 0 Å². The van der Waals surface area contributed by atoms with Crippen LogP contribution in [0.5, 0.6) is 0 Å². The fraction of sp³-hybridized carbons (Fsp3) is 0.800. The lowest BCUT2D eigenvalue weighted by Gasteiger charge is -2.24. The molecule has 0 atom stereocenters. The number of nitrogens with one attached hydrogen (secondary N) is 1. The van der Waals surface area contributed by atoms with Crippen molar-refractivity contribution < 1.29 is 19.8 Å². The topological polar surface area (TPSA) is 86.6 Å². The van der Waals surface area contributed by atoms with Crippen molar-refractivity contribution in [1.82, 2.24) is 5.32 Å². The van der Waals surface area contributed by atoms with Gasteiger partial charge in [-0.25, -0.2) is 0 Å². The Morgan fingerprint density at radius 2 is 1.20 bits per heavy atom. The molecule has 0 aromatic heterocycles. The minimum Gasteiger partial charge on any atom is -0.481 e. The monoisotopic (exact) mass is 217 g/mol. The summed E-state index contributed by atoms with van der Waals surface area (Å²) in [6, 6.07) is 0. The average molecular weight is 217 g/mol. The molecule has 0 bridgehead atoms. The molecule has 0 heterocycles. The van der Waals surface area contributed by atoms with Gasteiger partial charge in [-0.1, -0.05) is 0 Å². The SMILES string of the molecule is CC(C)(CNCC(C)(C)C(=O)O)C(=O)O. The first-order chi connectivity index (χ1) is 6.59. The van der Waals surface area contributed by atoms with Gasteiger partial charge in [0.2, 0.25) is 0 Å². The van der Waals surface area contributed by atoms with Gasteiger partial charge in [0.15, 0.2) is 0 Å². The minimum absolute atomic E-state index is 0.249. The Labute approximate surface area is 89.5 Å². The third kappa shape index (κ3) is 4.29. The van der Waals surface area contributed by atoms with Gasteiger partial charge >= 0.3 is 11.9 Å². The van der Waals surface area contributed by atoms with E-state index in [4.69, 9.17) is 10.2 Å². The summed E-state index contributed by atoms with van der Waals surface area (Å²) >= 11 is 0. The fourth-order valence-electron chi connectivity index (χ4n) is 0.839. The number of carbonyl (C=O) groups is 2. The largest absolute Gasteiger partial charge is 0.481 e.